The van der Waals surface area contributed by atoms with Crippen LogP contribution >= 0.6 is 27.3 Å². The van der Waals surface area contributed by atoms with Crippen LogP contribution in [0.15, 0.2) is 34.1 Å². The van der Waals surface area contributed by atoms with E-state index in [-0.39, 0.29) is 5.82 Å². The Bertz CT molecular complexity index is 757. The summed E-state index contributed by atoms with van der Waals surface area (Å²) in [5, 5.41) is 5.92. The van der Waals surface area contributed by atoms with Crippen molar-refractivity contribution in [2.24, 2.45) is 0 Å². The summed E-state index contributed by atoms with van der Waals surface area (Å²) in [6, 6.07) is 6.69. The van der Waals surface area contributed by atoms with E-state index >= 15 is 0 Å². The first-order valence-corrected chi connectivity index (χ1v) is 7.24. The van der Waals surface area contributed by atoms with Crippen molar-refractivity contribution in [1.82, 2.24) is 9.97 Å². The van der Waals surface area contributed by atoms with E-state index in [0.29, 0.717) is 17.2 Å². The van der Waals surface area contributed by atoms with Gasteiger partial charge in [0.2, 0.25) is 0 Å². The number of aromatic nitrogens is 2. The predicted octanol–water partition coefficient (Wildman–Crippen LogP) is 4.30. The fourth-order valence-electron chi connectivity index (χ4n) is 1.84. The van der Waals surface area contributed by atoms with Gasteiger partial charge in [-0.3, -0.25) is 0 Å². The number of hydrogen-bond acceptors (Lipinski definition) is 4. The highest BCUT2D eigenvalue weighted by molar-refractivity contribution is 9.10. The lowest BCUT2D eigenvalue weighted by atomic mass is 10.2. The third-order valence-corrected chi connectivity index (χ3v) is 4.03. The number of hydrogen-bond donors (Lipinski definition) is 1. The van der Waals surface area contributed by atoms with E-state index in [2.05, 4.69) is 31.2 Å². The van der Waals surface area contributed by atoms with Crippen molar-refractivity contribution in [3.63, 3.8) is 0 Å². The molecule has 3 aromatic rings. The van der Waals surface area contributed by atoms with E-state index < -0.39 is 0 Å². The van der Waals surface area contributed by atoms with Gasteiger partial charge in [0.05, 0.1) is 10.9 Å². The molecule has 0 saturated heterocycles. The number of anilines is 1. The summed E-state index contributed by atoms with van der Waals surface area (Å²) in [5.74, 6) is 0.764. The third-order valence-electron chi connectivity index (χ3n) is 2.73. The maximum atomic E-state index is 13.9. The van der Waals surface area contributed by atoms with Crippen LogP contribution in [0.1, 0.15) is 0 Å². The zero-order valence-electron chi connectivity index (χ0n) is 9.95. The highest BCUT2D eigenvalue weighted by Gasteiger charge is 2.13. The molecule has 2 heterocycles. The van der Waals surface area contributed by atoms with Crippen LogP contribution in [0.4, 0.5) is 10.2 Å². The Labute approximate surface area is 121 Å². The monoisotopic (exact) mass is 337 g/mol. The standard InChI is InChI=1S/C13H9BrFN3S/c1-16-11-8-4-5-19-13(8)18-12(17-11)9-6-7(14)2-3-10(9)15/h2-6H,1H3,(H,16,17,18). The lowest BCUT2D eigenvalue weighted by molar-refractivity contribution is 0.630. The number of nitrogens with zero attached hydrogens (tertiary/aromatic N) is 2. The highest BCUT2D eigenvalue weighted by Crippen LogP contribution is 2.30. The molecule has 0 aliphatic rings. The molecule has 0 fully saturated rings. The Hall–Kier alpha value is -1.53. The molecule has 0 saturated carbocycles. The number of fused-ring (bicyclic) bond motifs is 1. The molecule has 19 heavy (non-hydrogen) atoms. The zero-order chi connectivity index (χ0) is 13.4. The van der Waals surface area contributed by atoms with Gasteiger partial charge in [-0.05, 0) is 29.6 Å². The SMILES string of the molecule is CNc1nc(-c2cc(Br)ccc2F)nc2sccc12. The van der Waals surface area contributed by atoms with E-state index in [1.807, 2.05) is 11.4 Å². The van der Waals surface area contributed by atoms with Crippen molar-refractivity contribution in [3.8, 4) is 11.4 Å². The van der Waals surface area contributed by atoms with Crippen LogP contribution in [0.3, 0.4) is 0 Å². The molecule has 1 aromatic carbocycles. The second-order valence-corrected chi connectivity index (χ2v) is 5.72. The van der Waals surface area contributed by atoms with Gasteiger partial charge in [0.15, 0.2) is 5.82 Å². The lowest BCUT2D eigenvalue weighted by Gasteiger charge is -2.06. The van der Waals surface area contributed by atoms with Crippen LogP contribution in [0, 0.1) is 5.82 Å². The predicted molar refractivity (Wildman–Crippen MR) is 80.1 cm³/mol. The van der Waals surface area contributed by atoms with Crippen molar-refractivity contribution in [2.75, 3.05) is 12.4 Å². The minimum absolute atomic E-state index is 0.332. The summed E-state index contributed by atoms with van der Waals surface area (Å²) in [4.78, 5) is 9.65. The van der Waals surface area contributed by atoms with Gasteiger partial charge in [-0.25, -0.2) is 14.4 Å². The summed E-state index contributed by atoms with van der Waals surface area (Å²) >= 11 is 4.85. The lowest BCUT2D eigenvalue weighted by Crippen LogP contribution is -1.98. The minimum Gasteiger partial charge on any atom is -0.372 e. The topological polar surface area (TPSA) is 37.8 Å². The molecule has 0 amide bonds. The van der Waals surface area contributed by atoms with E-state index in [1.54, 1.807) is 19.2 Å². The van der Waals surface area contributed by atoms with Crippen LogP contribution in [0.2, 0.25) is 0 Å². The first-order valence-electron chi connectivity index (χ1n) is 5.57. The number of rotatable bonds is 2. The molecule has 3 nitrogen and oxygen atoms in total. The van der Waals surface area contributed by atoms with Gasteiger partial charge in [0.25, 0.3) is 0 Å². The summed E-state index contributed by atoms with van der Waals surface area (Å²) < 4.78 is 14.7. The van der Waals surface area contributed by atoms with Gasteiger partial charge in [-0.2, -0.15) is 0 Å². The van der Waals surface area contributed by atoms with Crippen LogP contribution in [-0.4, -0.2) is 17.0 Å². The average molecular weight is 338 g/mol. The Kier molecular flexibility index (Phi) is 3.20. The van der Waals surface area contributed by atoms with Gasteiger partial charge in [-0.1, -0.05) is 15.9 Å². The molecule has 0 unspecified atom stereocenters. The largest absolute Gasteiger partial charge is 0.372 e. The van der Waals surface area contributed by atoms with Crippen LogP contribution < -0.4 is 5.32 Å². The molecular formula is C13H9BrFN3S. The molecular weight excluding hydrogens is 329 g/mol. The molecule has 1 N–H and O–H groups in total. The second kappa shape index (κ2) is 4.86. The van der Waals surface area contributed by atoms with E-state index in [1.165, 1.54) is 17.4 Å². The van der Waals surface area contributed by atoms with Crippen LogP contribution in [-0.2, 0) is 0 Å². The Balaban J connectivity index is 2.27. The molecule has 0 spiro atoms. The fraction of sp³-hybridized carbons (Fsp3) is 0.0769. The van der Waals surface area contributed by atoms with Gasteiger partial charge >= 0.3 is 0 Å². The molecule has 3 rings (SSSR count). The van der Waals surface area contributed by atoms with E-state index in [4.69, 9.17) is 0 Å². The van der Waals surface area contributed by atoms with Crippen molar-refractivity contribution < 1.29 is 4.39 Å². The van der Waals surface area contributed by atoms with Crippen molar-refractivity contribution in [3.05, 3.63) is 39.9 Å². The number of thiophene rings is 1. The van der Waals surface area contributed by atoms with E-state index in [0.717, 1.165) is 14.7 Å². The smallest absolute Gasteiger partial charge is 0.166 e. The molecule has 0 atom stereocenters. The number of halogens is 2. The molecule has 0 radical (unpaired) electrons. The minimum atomic E-state index is -0.332. The summed E-state index contributed by atoms with van der Waals surface area (Å²) in [5.41, 5.74) is 0.390. The summed E-state index contributed by atoms with van der Waals surface area (Å²) in [6.07, 6.45) is 0. The number of benzene rings is 1. The normalized spacial score (nSPS) is 10.9. The van der Waals surface area contributed by atoms with Gasteiger partial charge in [0, 0.05) is 11.5 Å². The molecule has 2 aromatic heterocycles. The molecule has 6 heteroatoms. The van der Waals surface area contributed by atoms with Crippen LogP contribution in [0.5, 0.6) is 0 Å². The summed E-state index contributed by atoms with van der Waals surface area (Å²) in [6.45, 7) is 0. The molecule has 0 aliphatic carbocycles. The molecule has 0 bridgehead atoms. The Morgan fingerprint density at radius 3 is 2.89 bits per heavy atom. The third kappa shape index (κ3) is 2.21. The van der Waals surface area contributed by atoms with E-state index in [9.17, 15) is 4.39 Å². The second-order valence-electron chi connectivity index (χ2n) is 3.91. The van der Waals surface area contributed by atoms with Crippen molar-refractivity contribution >= 4 is 43.3 Å². The molecule has 96 valence electrons. The van der Waals surface area contributed by atoms with Gasteiger partial charge in [-0.15, -0.1) is 11.3 Å². The van der Waals surface area contributed by atoms with Crippen LogP contribution in [0.25, 0.3) is 21.6 Å². The first-order chi connectivity index (χ1) is 9.19. The zero-order valence-corrected chi connectivity index (χ0v) is 12.3. The summed E-state index contributed by atoms with van der Waals surface area (Å²) in [7, 11) is 1.79. The first kappa shape index (κ1) is 12.5. The fourth-order valence-corrected chi connectivity index (χ4v) is 2.96. The highest BCUT2D eigenvalue weighted by atomic mass is 79.9. The average Bonchev–Trinajstić information content (AvgIpc) is 2.88. The molecule has 0 aliphatic heterocycles. The van der Waals surface area contributed by atoms with Gasteiger partial charge < -0.3 is 5.32 Å². The number of nitrogens with one attached hydrogen (secondary N) is 1. The van der Waals surface area contributed by atoms with Crippen molar-refractivity contribution in [2.45, 2.75) is 0 Å². The Morgan fingerprint density at radius 1 is 1.26 bits per heavy atom. The Morgan fingerprint density at radius 2 is 2.11 bits per heavy atom. The maximum Gasteiger partial charge on any atom is 0.166 e. The maximum absolute atomic E-state index is 13.9. The van der Waals surface area contributed by atoms with Crippen molar-refractivity contribution in [1.29, 1.82) is 0 Å². The van der Waals surface area contributed by atoms with Gasteiger partial charge in [0.1, 0.15) is 16.5 Å². The quantitative estimate of drug-likeness (QED) is 0.757.